The summed E-state index contributed by atoms with van der Waals surface area (Å²) >= 11 is 0. The molecule has 2 saturated carbocycles. The van der Waals surface area contributed by atoms with Crippen molar-refractivity contribution in [2.24, 2.45) is 46.3 Å². The second kappa shape index (κ2) is 9.80. The first-order valence-electron chi connectivity index (χ1n) is 14.9. The van der Waals surface area contributed by atoms with Gasteiger partial charge in [0.15, 0.2) is 6.29 Å². The number of aromatic nitrogens is 2. The van der Waals surface area contributed by atoms with Crippen molar-refractivity contribution < 1.29 is 23.9 Å². The maximum Gasteiger partial charge on any atom is 0.246 e. The molecule has 5 aliphatic rings. The van der Waals surface area contributed by atoms with Crippen LogP contribution in [-0.2, 0) is 30.3 Å². The van der Waals surface area contributed by atoms with Crippen LogP contribution in [0.4, 0.5) is 0 Å². The lowest BCUT2D eigenvalue weighted by molar-refractivity contribution is -0.168. The summed E-state index contributed by atoms with van der Waals surface area (Å²) in [6.45, 7) is 13.4. The number of aromatic amines is 1. The first-order chi connectivity index (χ1) is 19.3. The Hall–Kier alpha value is -2.97. The normalized spacial score (nSPS) is 35.8. The molecule has 222 valence electrons. The molecule has 0 spiro atoms. The molecular formula is C30H42N6O5. The Balaban J connectivity index is 1.20. The Bertz CT molecular complexity index is 1280. The maximum absolute atomic E-state index is 14.3. The first kappa shape index (κ1) is 28.2. The van der Waals surface area contributed by atoms with Crippen LogP contribution in [0.3, 0.4) is 0 Å². The zero-order chi connectivity index (χ0) is 29.4. The van der Waals surface area contributed by atoms with Gasteiger partial charge in [-0.25, -0.2) is 0 Å². The second-order valence-corrected chi connectivity index (χ2v) is 14.5. The van der Waals surface area contributed by atoms with E-state index in [1.54, 1.807) is 4.90 Å². The number of amides is 3. The molecule has 5 fully saturated rings. The van der Waals surface area contributed by atoms with Gasteiger partial charge in [-0.3, -0.25) is 19.5 Å². The third-order valence-electron chi connectivity index (χ3n) is 10.5. The molecule has 1 aromatic heterocycles. The number of hydrogen-bond donors (Lipinski definition) is 3. The second-order valence-electron chi connectivity index (χ2n) is 14.5. The van der Waals surface area contributed by atoms with E-state index in [0.29, 0.717) is 25.5 Å². The van der Waals surface area contributed by atoms with Gasteiger partial charge in [-0.15, -0.1) is 0 Å². The van der Waals surface area contributed by atoms with E-state index in [2.05, 4.69) is 40.7 Å². The van der Waals surface area contributed by atoms with Crippen LogP contribution in [0.15, 0.2) is 6.07 Å². The molecule has 6 rings (SSSR count). The topological polar surface area (TPSA) is 149 Å². The largest absolute Gasteiger partial charge is 0.352 e. The monoisotopic (exact) mass is 566 g/mol. The highest BCUT2D eigenvalue weighted by atomic mass is 16.7. The van der Waals surface area contributed by atoms with Crippen molar-refractivity contribution in [1.82, 2.24) is 25.7 Å². The molecule has 0 radical (unpaired) electrons. The maximum atomic E-state index is 14.3. The zero-order valence-electron chi connectivity index (χ0n) is 24.8. The molecule has 3 amide bonds. The molecule has 3 saturated heterocycles. The van der Waals surface area contributed by atoms with Crippen molar-refractivity contribution in [2.45, 2.75) is 78.8 Å². The van der Waals surface area contributed by atoms with E-state index in [1.807, 2.05) is 33.8 Å². The molecule has 10 atom stereocenters. The summed E-state index contributed by atoms with van der Waals surface area (Å²) in [5, 5.41) is 22.9. The predicted octanol–water partition coefficient (Wildman–Crippen LogP) is 1.54. The van der Waals surface area contributed by atoms with Crippen molar-refractivity contribution in [1.29, 1.82) is 5.26 Å². The van der Waals surface area contributed by atoms with Gasteiger partial charge in [-0.1, -0.05) is 34.6 Å². The summed E-state index contributed by atoms with van der Waals surface area (Å²) < 4.78 is 11.6. The molecule has 2 aliphatic carbocycles. The van der Waals surface area contributed by atoms with Gasteiger partial charge >= 0.3 is 0 Å². The Morgan fingerprint density at radius 2 is 1.93 bits per heavy atom. The number of hydrogen-bond acceptors (Lipinski definition) is 7. The highest BCUT2D eigenvalue weighted by Gasteiger charge is 2.70. The van der Waals surface area contributed by atoms with Gasteiger partial charge in [0.05, 0.1) is 25.0 Å². The summed E-state index contributed by atoms with van der Waals surface area (Å²) in [6.07, 6.45) is 0.957. The van der Waals surface area contributed by atoms with Crippen molar-refractivity contribution in [3.63, 3.8) is 0 Å². The average Bonchev–Trinajstić information content (AvgIpc) is 3.47. The van der Waals surface area contributed by atoms with Crippen molar-refractivity contribution >= 4 is 17.7 Å². The van der Waals surface area contributed by atoms with Crippen molar-refractivity contribution in [3.05, 3.63) is 17.5 Å². The summed E-state index contributed by atoms with van der Waals surface area (Å²) in [5.41, 5.74) is 0.903. The first-order valence-corrected chi connectivity index (χ1v) is 14.9. The number of ether oxygens (including phenoxy) is 2. The van der Waals surface area contributed by atoms with Crippen molar-refractivity contribution in [2.75, 3.05) is 19.8 Å². The Labute approximate surface area is 241 Å². The summed E-state index contributed by atoms with van der Waals surface area (Å²) in [4.78, 5) is 43.5. The van der Waals surface area contributed by atoms with Crippen LogP contribution < -0.4 is 10.6 Å². The number of nitrogens with zero attached hydrogens (tertiary/aromatic N) is 3. The van der Waals surface area contributed by atoms with Gasteiger partial charge in [0.2, 0.25) is 17.7 Å². The summed E-state index contributed by atoms with van der Waals surface area (Å²) in [7, 11) is 0. The number of rotatable bonds is 7. The van der Waals surface area contributed by atoms with E-state index in [9.17, 15) is 19.6 Å². The standard InChI is InChI=1S/C30H42N6O5/c1-14-7-16(35-34-14)9-17(10-31)32-26(38)23-22-20(30(22,5)6)11-36(23)27(39)24(29(2,3)4)33-25(37)21-15-8-18-19(21)13-41-28(18)40-12-15/h7,15,17-24,28H,8-9,11-13H2,1-6H3,(H,32,38)(H,33,37)(H,34,35)/t15?,17-,18?,19+,20-,21?,22-,23-,24-,28+/m0/s1. The minimum absolute atomic E-state index is 0.00598. The Morgan fingerprint density at radius 1 is 1.20 bits per heavy atom. The molecule has 3 aliphatic heterocycles. The van der Waals surface area contributed by atoms with Crippen LogP contribution in [0.1, 0.15) is 52.4 Å². The SMILES string of the molecule is Cc1cc(C[C@@H](C#N)NC(=O)[C@@H]2[C@@H]3[C@H](CN2C(=O)[C@H](NC(=O)C2C4CO[C@@H]5OC[C@@H]2C5C4)C(C)(C)C)C3(C)C)n[nH]1. The van der Waals surface area contributed by atoms with Gasteiger partial charge in [0.25, 0.3) is 0 Å². The number of aryl methyl sites for hydroxylation is 1. The van der Waals surface area contributed by atoms with Gasteiger partial charge < -0.3 is 25.0 Å². The Morgan fingerprint density at radius 3 is 2.59 bits per heavy atom. The third kappa shape index (κ3) is 4.73. The van der Waals surface area contributed by atoms with Crippen LogP contribution in [0.2, 0.25) is 0 Å². The Kier molecular flexibility index (Phi) is 6.73. The average molecular weight is 567 g/mol. The highest BCUT2D eigenvalue weighted by Crippen LogP contribution is 2.65. The molecule has 11 heteroatoms. The van der Waals surface area contributed by atoms with E-state index < -0.39 is 23.5 Å². The molecular weight excluding hydrogens is 524 g/mol. The van der Waals surface area contributed by atoms with Crippen LogP contribution in [0, 0.1) is 64.6 Å². The minimum atomic E-state index is -0.802. The fourth-order valence-corrected chi connectivity index (χ4v) is 8.17. The molecule has 3 N–H and O–H groups in total. The number of carbonyl (C=O) groups is 3. The predicted molar refractivity (Wildman–Crippen MR) is 146 cm³/mol. The number of likely N-dealkylation sites (tertiary alicyclic amines) is 1. The van der Waals surface area contributed by atoms with E-state index >= 15 is 0 Å². The zero-order valence-corrected chi connectivity index (χ0v) is 24.8. The number of nitrogens with one attached hydrogen (secondary N) is 3. The molecule has 4 heterocycles. The highest BCUT2D eigenvalue weighted by molar-refractivity contribution is 5.94. The van der Waals surface area contributed by atoms with Crippen molar-refractivity contribution in [3.8, 4) is 6.07 Å². The lowest BCUT2D eigenvalue weighted by Crippen LogP contribution is -2.60. The number of nitriles is 1. The van der Waals surface area contributed by atoms with Crippen LogP contribution in [0.5, 0.6) is 0 Å². The van der Waals surface area contributed by atoms with E-state index in [0.717, 1.165) is 12.1 Å². The number of carbonyl (C=O) groups excluding carboxylic acids is 3. The van der Waals surface area contributed by atoms with Gasteiger partial charge in [-0.2, -0.15) is 10.4 Å². The molecule has 1 aromatic rings. The fourth-order valence-electron chi connectivity index (χ4n) is 8.17. The molecule has 3 unspecified atom stereocenters. The van der Waals surface area contributed by atoms with Gasteiger partial charge in [0.1, 0.15) is 18.1 Å². The van der Waals surface area contributed by atoms with Gasteiger partial charge in [-0.05, 0) is 48.0 Å². The van der Waals surface area contributed by atoms with E-state index in [4.69, 9.17) is 9.47 Å². The minimum Gasteiger partial charge on any atom is -0.352 e. The smallest absolute Gasteiger partial charge is 0.246 e. The fraction of sp³-hybridized carbons (Fsp3) is 0.767. The lowest BCUT2D eigenvalue weighted by atomic mass is 9.83. The van der Waals surface area contributed by atoms with Crippen LogP contribution >= 0.6 is 0 Å². The summed E-state index contributed by atoms with van der Waals surface area (Å²) in [5.74, 6) is -0.322. The molecule has 11 nitrogen and oxygen atoms in total. The van der Waals surface area contributed by atoms with E-state index in [-0.39, 0.29) is 71.4 Å². The van der Waals surface area contributed by atoms with Crippen LogP contribution in [-0.4, -0.2) is 77.0 Å². The molecule has 2 bridgehead atoms. The van der Waals surface area contributed by atoms with E-state index in [1.165, 1.54) is 0 Å². The third-order valence-corrected chi connectivity index (χ3v) is 10.5. The summed E-state index contributed by atoms with van der Waals surface area (Å²) in [6, 6.07) is 1.74. The number of H-pyrrole nitrogens is 1. The quantitative estimate of drug-likeness (QED) is 0.453. The van der Waals surface area contributed by atoms with Crippen LogP contribution in [0.25, 0.3) is 0 Å². The number of fused-ring (bicyclic) bond motifs is 2. The molecule has 41 heavy (non-hydrogen) atoms. The number of piperidine rings is 1. The van der Waals surface area contributed by atoms with Gasteiger partial charge in [0, 0.05) is 36.4 Å². The molecule has 0 aromatic carbocycles. The lowest BCUT2D eigenvalue weighted by Gasteiger charge is -2.38.